The van der Waals surface area contributed by atoms with Crippen LogP contribution >= 0.6 is 0 Å². The van der Waals surface area contributed by atoms with E-state index in [0.29, 0.717) is 5.92 Å². The van der Waals surface area contributed by atoms with Gasteiger partial charge in [0.15, 0.2) is 0 Å². The SMILES string of the molecule is C#CCCCN1CC(C)CC(O)C1. The summed E-state index contributed by atoms with van der Waals surface area (Å²) in [6.45, 7) is 5.17. The summed E-state index contributed by atoms with van der Waals surface area (Å²) >= 11 is 0. The molecule has 13 heavy (non-hydrogen) atoms. The Morgan fingerprint density at radius 2 is 2.31 bits per heavy atom. The maximum atomic E-state index is 9.52. The molecule has 2 heteroatoms. The first-order valence-electron chi connectivity index (χ1n) is 5.06. The molecule has 0 saturated carbocycles. The first-order valence-corrected chi connectivity index (χ1v) is 5.06. The number of nitrogens with zero attached hydrogens (tertiary/aromatic N) is 1. The van der Waals surface area contributed by atoms with E-state index in [0.717, 1.165) is 38.9 Å². The Kier molecular flexibility index (Phi) is 4.27. The molecule has 1 aliphatic heterocycles. The highest BCUT2D eigenvalue weighted by Crippen LogP contribution is 2.16. The van der Waals surface area contributed by atoms with Gasteiger partial charge in [0.2, 0.25) is 0 Å². The molecule has 1 fully saturated rings. The minimum atomic E-state index is -0.130. The lowest BCUT2D eigenvalue weighted by Gasteiger charge is -2.33. The van der Waals surface area contributed by atoms with Crippen LogP contribution in [0.25, 0.3) is 0 Å². The van der Waals surface area contributed by atoms with Crippen LogP contribution in [0.1, 0.15) is 26.2 Å². The van der Waals surface area contributed by atoms with Crippen molar-refractivity contribution in [3.05, 3.63) is 0 Å². The molecule has 2 unspecified atom stereocenters. The van der Waals surface area contributed by atoms with Gasteiger partial charge in [-0.25, -0.2) is 0 Å². The predicted molar refractivity (Wildman–Crippen MR) is 54.3 cm³/mol. The third-order valence-electron chi connectivity index (χ3n) is 2.51. The fourth-order valence-corrected chi connectivity index (χ4v) is 2.01. The van der Waals surface area contributed by atoms with E-state index in [-0.39, 0.29) is 6.10 Å². The van der Waals surface area contributed by atoms with Crippen molar-refractivity contribution in [2.75, 3.05) is 19.6 Å². The summed E-state index contributed by atoms with van der Waals surface area (Å²) in [5.41, 5.74) is 0. The van der Waals surface area contributed by atoms with E-state index in [1.807, 2.05) is 0 Å². The Hall–Kier alpha value is -0.520. The fourth-order valence-electron chi connectivity index (χ4n) is 2.01. The van der Waals surface area contributed by atoms with Gasteiger partial charge in [-0.1, -0.05) is 6.92 Å². The molecule has 1 N–H and O–H groups in total. The van der Waals surface area contributed by atoms with E-state index >= 15 is 0 Å². The van der Waals surface area contributed by atoms with Crippen molar-refractivity contribution < 1.29 is 5.11 Å². The average Bonchev–Trinajstić information content (AvgIpc) is 2.03. The van der Waals surface area contributed by atoms with E-state index in [9.17, 15) is 5.11 Å². The smallest absolute Gasteiger partial charge is 0.0670 e. The molecule has 0 aromatic rings. The van der Waals surface area contributed by atoms with Gasteiger partial charge in [-0.05, 0) is 25.3 Å². The number of hydrogen-bond donors (Lipinski definition) is 1. The van der Waals surface area contributed by atoms with E-state index in [2.05, 4.69) is 17.7 Å². The van der Waals surface area contributed by atoms with Crippen molar-refractivity contribution in [3.63, 3.8) is 0 Å². The number of β-amino-alcohol motifs (C(OH)–C–C–N with tert-alkyl or cyclic N) is 1. The highest BCUT2D eigenvalue weighted by atomic mass is 16.3. The molecule has 0 aliphatic carbocycles. The monoisotopic (exact) mass is 181 g/mol. The van der Waals surface area contributed by atoms with Crippen LogP contribution in [0.2, 0.25) is 0 Å². The van der Waals surface area contributed by atoms with Gasteiger partial charge in [-0.15, -0.1) is 12.3 Å². The van der Waals surface area contributed by atoms with Crippen molar-refractivity contribution in [3.8, 4) is 12.3 Å². The summed E-state index contributed by atoms with van der Waals surface area (Å²) in [7, 11) is 0. The molecule has 0 aromatic heterocycles. The van der Waals surface area contributed by atoms with Crippen LogP contribution in [0.5, 0.6) is 0 Å². The van der Waals surface area contributed by atoms with Gasteiger partial charge in [0, 0.05) is 19.5 Å². The van der Waals surface area contributed by atoms with Crippen LogP contribution in [0.3, 0.4) is 0 Å². The molecule has 0 aromatic carbocycles. The van der Waals surface area contributed by atoms with Crippen LogP contribution in [-0.4, -0.2) is 35.7 Å². The van der Waals surface area contributed by atoms with Crippen molar-refractivity contribution in [1.29, 1.82) is 0 Å². The van der Waals surface area contributed by atoms with Crippen LogP contribution < -0.4 is 0 Å². The lowest BCUT2D eigenvalue weighted by atomic mass is 9.98. The van der Waals surface area contributed by atoms with E-state index in [1.165, 1.54) is 0 Å². The Bertz CT molecular complexity index is 175. The Morgan fingerprint density at radius 1 is 1.54 bits per heavy atom. The van der Waals surface area contributed by atoms with E-state index in [4.69, 9.17) is 6.42 Å². The quantitative estimate of drug-likeness (QED) is 0.520. The number of hydrogen-bond acceptors (Lipinski definition) is 2. The molecule has 74 valence electrons. The average molecular weight is 181 g/mol. The standard InChI is InChI=1S/C11H19NO/c1-3-4-5-6-12-8-10(2)7-11(13)9-12/h1,10-11,13H,4-9H2,2H3. The van der Waals surface area contributed by atoms with Gasteiger partial charge in [0.25, 0.3) is 0 Å². The second-order valence-corrected chi connectivity index (χ2v) is 4.06. The molecule has 1 rings (SSSR count). The first kappa shape index (κ1) is 10.6. The summed E-state index contributed by atoms with van der Waals surface area (Å²) in [6, 6.07) is 0. The number of piperidine rings is 1. The summed E-state index contributed by atoms with van der Waals surface area (Å²) in [4.78, 5) is 2.32. The third kappa shape index (κ3) is 3.80. The highest BCUT2D eigenvalue weighted by molar-refractivity contribution is 4.84. The lowest BCUT2D eigenvalue weighted by molar-refractivity contribution is 0.0445. The van der Waals surface area contributed by atoms with Crippen molar-refractivity contribution in [1.82, 2.24) is 4.90 Å². The molecular weight excluding hydrogens is 162 g/mol. The third-order valence-corrected chi connectivity index (χ3v) is 2.51. The minimum Gasteiger partial charge on any atom is -0.392 e. The predicted octanol–water partition coefficient (Wildman–Crippen LogP) is 1.10. The zero-order valence-electron chi connectivity index (χ0n) is 8.37. The highest BCUT2D eigenvalue weighted by Gasteiger charge is 2.22. The minimum absolute atomic E-state index is 0.130. The summed E-state index contributed by atoms with van der Waals surface area (Å²) in [5.74, 6) is 3.26. The molecule has 2 atom stereocenters. The van der Waals surface area contributed by atoms with Gasteiger partial charge in [-0.3, -0.25) is 0 Å². The molecule has 0 radical (unpaired) electrons. The van der Waals surface area contributed by atoms with Crippen LogP contribution in [-0.2, 0) is 0 Å². The van der Waals surface area contributed by atoms with Gasteiger partial charge < -0.3 is 10.0 Å². The maximum Gasteiger partial charge on any atom is 0.0670 e. The summed E-state index contributed by atoms with van der Waals surface area (Å²) in [5, 5.41) is 9.52. The molecule has 0 spiro atoms. The van der Waals surface area contributed by atoms with E-state index in [1.54, 1.807) is 0 Å². The number of aliphatic hydroxyl groups is 1. The number of terminal acetylenes is 1. The summed E-state index contributed by atoms with van der Waals surface area (Å²) in [6.07, 6.45) is 7.90. The zero-order valence-corrected chi connectivity index (χ0v) is 8.37. The van der Waals surface area contributed by atoms with Crippen LogP contribution in [0.4, 0.5) is 0 Å². The van der Waals surface area contributed by atoms with Gasteiger partial charge in [0.1, 0.15) is 0 Å². The normalized spacial score (nSPS) is 29.9. The van der Waals surface area contributed by atoms with Gasteiger partial charge >= 0.3 is 0 Å². The van der Waals surface area contributed by atoms with Crippen LogP contribution in [0.15, 0.2) is 0 Å². The Balaban J connectivity index is 2.22. The molecular formula is C11H19NO. The Labute approximate surface area is 80.9 Å². The van der Waals surface area contributed by atoms with Gasteiger partial charge in [0.05, 0.1) is 6.10 Å². The molecule has 1 saturated heterocycles. The zero-order chi connectivity index (χ0) is 9.68. The second kappa shape index (κ2) is 5.26. The number of likely N-dealkylation sites (tertiary alicyclic amines) is 1. The van der Waals surface area contributed by atoms with Gasteiger partial charge in [-0.2, -0.15) is 0 Å². The molecule has 0 amide bonds. The second-order valence-electron chi connectivity index (χ2n) is 4.06. The first-order chi connectivity index (χ1) is 6.22. The number of unbranched alkanes of at least 4 members (excludes halogenated alkanes) is 1. The molecule has 0 bridgehead atoms. The van der Waals surface area contributed by atoms with Crippen molar-refractivity contribution in [2.45, 2.75) is 32.3 Å². The lowest BCUT2D eigenvalue weighted by Crippen LogP contribution is -2.42. The largest absolute Gasteiger partial charge is 0.392 e. The van der Waals surface area contributed by atoms with Crippen molar-refractivity contribution in [2.24, 2.45) is 5.92 Å². The molecule has 1 aliphatic rings. The van der Waals surface area contributed by atoms with E-state index < -0.39 is 0 Å². The maximum absolute atomic E-state index is 9.52. The fraction of sp³-hybridized carbons (Fsp3) is 0.818. The molecule has 2 nitrogen and oxygen atoms in total. The van der Waals surface area contributed by atoms with Crippen LogP contribution in [0, 0.1) is 18.3 Å². The van der Waals surface area contributed by atoms with Crippen molar-refractivity contribution >= 4 is 0 Å². The number of rotatable bonds is 3. The number of aliphatic hydroxyl groups excluding tert-OH is 1. The Morgan fingerprint density at radius 3 is 2.92 bits per heavy atom. The molecule has 1 heterocycles. The topological polar surface area (TPSA) is 23.5 Å². The summed E-state index contributed by atoms with van der Waals surface area (Å²) < 4.78 is 0.